The van der Waals surface area contributed by atoms with E-state index in [0.717, 1.165) is 17.4 Å². The van der Waals surface area contributed by atoms with Gasteiger partial charge in [-0.2, -0.15) is 0 Å². The van der Waals surface area contributed by atoms with E-state index in [4.69, 9.17) is 5.73 Å². The summed E-state index contributed by atoms with van der Waals surface area (Å²) < 4.78 is 1.12. The largest absolute Gasteiger partial charge is 0.341 e. The van der Waals surface area contributed by atoms with Gasteiger partial charge < -0.3 is 10.6 Å². The maximum absolute atomic E-state index is 5.80. The van der Waals surface area contributed by atoms with E-state index in [1.165, 1.54) is 41.8 Å². The zero-order valence-electron chi connectivity index (χ0n) is 12.2. The molecular weight excluding hydrogens is 324 g/mol. The third kappa shape index (κ3) is 3.14. The fourth-order valence-corrected chi connectivity index (χ4v) is 3.52. The Hall–Kier alpha value is -1.32. The van der Waals surface area contributed by atoms with E-state index in [2.05, 4.69) is 63.3 Å². The second-order valence-electron chi connectivity index (χ2n) is 5.55. The Labute approximate surface area is 135 Å². The Kier molecular flexibility index (Phi) is 4.61. The van der Waals surface area contributed by atoms with Crippen LogP contribution in [0.3, 0.4) is 0 Å². The fourth-order valence-electron chi connectivity index (χ4n) is 3.11. The van der Waals surface area contributed by atoms with Crippen molar-refractivity contribution < 1.29 is 0 Å². The number of anilines is 2. The highest BCUT2D eigenvalue weighted by Crippen LogP contribution is 2.35. The lowest BCUT2D eigenvalue weighted by Crippen LogP contribution is -2.20. The van der Waals surface area contributed by atoms with Gasteiger partial charge in [-0.25, -0.2) is 0 Å². The molecule has 0 atom stereocenters. The van der Waals surface area contributed by atoms with E-state index in [1.54, 1.807) is 0 Å². The summed E-state index contributed by atoms with van der Waals surface area (Å²) in [4.78, 5) is 2.47. The number of rotatable bonds is 3. The smallest absolute Gasteiger partial charge is 0.0444 e. The molecule has 0 fully saturated rings. The molecule has 0 spiro atoms. The van der Waals surface area contributed by atoms with Gasteiger partial charge in [0, 0.05) is 22.4 Å². The molecule has 1 aliphatic heterocycles. The molecule has 0 amide bonds. The summed E-state index contributed by atoms with van der Waals surface area (Å²) in [6, 6.07) is 15.3. The molecule has 110 valence electrons. The number of hydrogen-bond acceptors (Lipinski definition) is 2. The molecule has 2 aromatic rings. The lowest BCUT2D eigenvalue weighted by Gasteiger charge is -2.27. The molecule has 3 rings (SSSR count). The molecule has 2 nitrogen and oxygen atoms in total. The predicted octanol–water partition coefficient (Wildman–Crippen LogP) is 4.42. The van der Waals surface area contributed by atoms with E-state index < -0.39 is 0 Å². The molecule has 2 N–H and O–H groups in total. The number of benzene rings is 2. The summed E-state index contributed by atoms with van der Waals surface area (Å²) in [5, 5.41) is 0. The van der Waals surface area contributed by atoms with E-state index in [0.29, 0.717) is 6.54 Å². The summed E-state index contributed by atoms with van der Waals surface area (Å²) >= 11 is 3.58. The van der Waals surface area contributed by atoms with Crippen LogP contribution in [0.5, 0.6) is 0 Å². The van der Waals surface area contributed by atoms with Gasteiger partial charge in [0.25, 0.3) is 0 Å². The second kappa shape index (κ2) is 6.63. The summed E-state index contributed by atoms with van der Waals surface area (Å²) in [5.41, 5.74) is 11.2. The van der Waals surface area contributed by atoms with Crippen molar-refractivity contribution in [2.45, 2.75) is 25.7 Å². The van der Waals surface area contributed by atoms with Crippen LogP contribution >= 0.6 is 15.9 Å². The highest BCUT2D eigenvalue weighted by Gasteiger charge is 2.18. The highest BCUT2D eigenvalue weighted by molar-refractivity contribution is 9.10. The Morgan fingerprint density at radius 1 is 1.05 bits per heavy atom. The Morgan fingerprint density at radius 2 is 1.90 bits per heavy atom. The van der Waals surface area contributed by atoms with Gasteiger partial charge in [-0.05, 0) is 67.6 Å². The molecule has 0 saturated carbocycles. The van der Waals surface area contributed by atoms with Crippen LogP contribution in [0.2, 0.25) is 0 Å². The van der Waals surface area contributed by atoms with Crippen molar-refractivity contribution in [1.29, 1.82) is 0 Å². The van der Waals surface area contributed by atoms with Crippen LogP contribution in [0.25, 0.3) is 0 Å². The first-order chi connectivity index (χ1) is 10.3. The van der Waals surface area contributed by atoms with Crippen LogP contribution < -0.4 is 10.6 Å². The van der Waals surface area contributed by atoms with Crippen LogP contribution in [0.15, 0.2) is 46.9 Å². The van der Waals surface area contributed by atoms with E-state index in [9.17, 15) is 0 Å². The minimum atomic E-state index is 0.680. The highest BCUT2D eigenvalue weighted by atomic mass is 79.9. The maximum Gasteiger partial charge on any atom is 0.0444 e. The Bertz CT molecular complexity index is 624. The minimum Gasteiger partial charge on any atom is -0.341 e. The van der Waals surface area contributed by atoms with Gasteiger partial charge >= 0.3 is 0 Å². The van der Waals surface area contributed by atoms with Gasteiger partial charge in [-0.15, -0.1) is 0 Å². The zero-order valence-corrected chi connectivity index (χ0v) is 13.8. The molecule has 1 aliphatic rings. The third-order valence-electron chi connectivity index (χ3n) is 4.11. The zero-order chi connectivity index (χ0) is 14.7. The van der Waals surface area contributed by atoms with Crippen molar-refractivity contribution in [1.82, 2.24) is 0 Å². The summed E-state index contributed by atoms with van der Waals surface area (Å²) in [7, 11) is 0. The van der Waals surface area contributed by atoms with Crippen LogP contribution in [0.4, 0.5) is 11.4 Å². The standard InChI is InChI=1S/C18H21BrN2/c19-16-8-9-18(15(13-16)10-11-20)21-12-4-3-6-14-5-1-2-7-17(14)21/h1-2,5,7-9,13H,3-4,6,10-12,20H2. The first-order valence-corrected chi connectivity index (χ1v) is 8.43. The predicted molar refractivity (Wildman–Crippen MR) is 93.3 cm³/mol. The summed E-state index contributed by atoms with van der Waals surface area (Å²) in [6.07, 6.45) is 4.58. The van der Waals surface area contributed by atoms with Gasteiger partial charge in [0.15, 0.2) is 0 Å². The van der Waals surface area contributed by atoms with Crippen LogP contribution in [0, 0.1) is 0 Å². The molecule has 0 aliphatic carbocycles. The van der Waals surface area contributed by atoms with Crippen LogP contribution in [-0.4, -0.2) is 13.1 Å². The number of aryl methyl sites for hydroxylation is 1. The van der Waals surface area contributed by atoms with Crippen LogP contribution in [-0.2, 0) is 12.8 Å². The number of nitrogens with zero attached hydrogens (tertiary/aromatic N) is 1. The number of halogens is 1. The number of nitrogens with two attached hydrogens (primary N) is 1. The molecule has 0 bridgehead atoms. The van der Waals surface area contributed by atoms with E-state index in [1.807, 2.05) is 0 Å². The topological polar surface area (TPSA) is 29.3 Å². The summed E-state index contributed by atoms with van der Waals surface area (Å²) in [5.74, 6) is 0. The van der Waals surface area contributed by atoms with Crippen molar-refractivity contribution in [2.75, 3.05) is 18.0 Å². The van der Waals surface area contributed by atoms with Crippen LogP contribution in [0.1, 0.15) is 24.0 Å². The quantitative estimate of drug-likeness (QED) is 0.892. The van der Waals surface area contributed by atoms with Gasteiger partial charge in [0.2, 0.25) is 0 Å². The van der Waals surface area contributed by atoms with Gasteiger partial charge in [-0.3, -0.25) is 0 Å². The molecule has 0 unspecified atom stereocenters. The lowest BCUT2D eigenvalue weighted by molar-refractivity contribution is 0.759. The number of fused-ring (bicyclic) bond motifs is 1. The van der Waals surface area contributed by atoms with Crippen molar-refractivity contribution in [3.63, 3.8) is 0 Å². The van der Waals surface area contributed by atoms with E-state index in [-0.39, 0.29) is 0 Å². The van der Waals surface area contributed by atoms with Crippen molar-refractivity contribution in [3.8, 4) is 0 Å². The van der Waals surface area contributed by atoms with E-state index >= 15 is 0 Å². The van der Waals surface area contributed by atoms with Crippen molar-refractivity contribution in [2.24, 2.45) is 5.73 Å². The van der Waals surface area contributed by atoms with Crippen molar-refractivity contribution >= 4 is 27.3 Å². The molecule has 0 radical (unpaired) electrons. The first-order valence-electron chi connectivity index (χ1n) is 7.63. The Balaban J connectivity index is 2.07. The molecule has 2 aromatic carbocycles. The minimum absolute atomic E-state index is 0.680. The molecule has 0 saturated heterocycles. The molecule has 21 heavy (non-hydrogen) atoms. The molecule has 0 aromatic heterocycles. The number of para-hydroxylation sites is 1. The lowest BCUT2D eigenvalue weighted by atomic mass is 10.1. The third-order valence-corrected chi connectivity index (χ3v) is 4.60. The average molecular weight is 345 g/mol. The van der Waals surface area contributed by atoms with Crippen molar-refractivity contribution in [3.05, 3.63) is 58.1 Å². The molecule has 3 heteroatoms. The first kappa shape index (κ1) is 14.6. The van der Waals surface area contributed by atoms with Gasteiger partial charge in [0.1, 0.15) is 0 Å². The Morgan fingerprint density at radius 3 is 2.76 bits per heavy atom. The molecular formula is C18H21BrN2. The average Bonchev–Trinajstić information content (AvgIpc) is 2.70. The molecule has 1 heterocycles. The fraction of sp³-hybridized carbons (Fsp3) is 0.333. The van der Waals surface area contributed by atoms with Gasteiger partial charge in [0.05, 0.1) is 0 Å². The monoisotopic (exact) mass is 344 g/mol. The summed E-state index contributed by atoms with van der Waals surface area (Å²) in [6.45, 7) is 1.76. The maximum atomic E-state index is 5.80. The number of hydrogen-bond donors (Lipinski definition) is 1. The van der Waals surface area contributed by atoms with Gasteiger partial charge in [-0.1, -0.05) is 34.1 Å². The SMILES string of the molecule is NCCc1cc(Br)ccc1N1CCCCc2ccccc21. The normalized spacial score (nSPS) is 14.7. The second-order valence-corrected chi connectivity index (χ2v) is 6.46.